The number of unbranched alkanes of at least 4 members (excludes halogenated alkanes) is 4. The van der Waals surface area contributed by atoms with Crippen LogP contribution in [-0.4, -0.2) is 28.6 Å². The monoisotopic (exact) mass is 360 g/mol. The van der Waals surface area contributed by atoms with Crippen LogP contribution in [0.2, 0.25) is 6.04 Å². The summed E-state index contributed by atoms with van der Waals surface area (Å²) in [7, 11) is -2.42. The summed E-state index contributed by atoms with van der Waals surface area (Å²) in [5.41, 5.74) is 0. The van der Waals surface area contributed by atoms with Crippen molar-refractivity contribution in [3.63, 3.8) is 0 Å². The van der Waals surface area contributed by atoms with Crippen molar-refractivity contribution in [2.24, 2.45) is 11.8 Å². The van der Waals surface area contributed by atoms with Gasteiger partial charge in [0.2, 0.25) is 0 Å². The molecule has 0 amide bonds. The maximum atomic E-state index is 5.93. The third kappa shape index (κ3) is 10.9. The first-order valence-electron chi connectivity index (χ1n) is 10.5. The molecule has 2 unspecified atom stereocenters. The van der Waals surface area contributed by atoms with Crippen LogP contribution in [0, 0.1) is 11.8 Å². The number of rotatable bonds is 17. The van der Waals surface area contributed by atoms with Crippen LogP contribution in [0.1, 0.15) is 92.9 Å². The van der Waals surface area contributed by atoms with Gasteiger partial charge in [0, 0.05) is 25.9 Å². The van der Waals surface area contributed by atoms with E-state index in [2.05, 4.69) is 20.8 Å². The zero-order chi connectivity index (χ0) is 18.3. The van der Waals surface area contributed by atoms with E-state index in [-0.39, 0.29) is 0 Å². The van der Waals surface area contributed by atoms with E-state index in [9.17, 15) is 0 Å². The van der Waals surface area contributed by atoms with E-state index in [4.69, 9.17) is 13.3 Å². The molecule has 0 saturated heterocycles. The normalized spacial score (nSPS) is 14.8. The molecule has 0 aliphatic heterocycles. The molecule has 0 aliphatic rings. The molecule has 0 aromatic rings. The quantitative estimate of drug-likeness (QED) is 0.220. The molecule has 0 rings (SSSR count). The Morgan fingerprint density at radius 2 is 1.08 bits per heavy atom. The molecule has 0 radical (unpaired) electrons. The summed E-state index contributed by atoms with van der Waals surface area (Å²) >= 11 is 0. The first-order valence-corrected chi connectivity index (χ1v) is 12.4. The van der Waals surface area contributed by atoms with Crippen LogP contribution in [0.15, 0.2) is 0 Å². The highest BCUT2D eigenvalue weighted by atomic mass is 28.4. The maximum absolute atomic E-state index is 5.93. The van der Waals surface area contributed by atoms with Gasteiger partial charge in [0.05, 0.1) is 0 Å². The lowest BCUT2D eigenvalue weighted by Gasteiger charge is -2.28. The van der Waals surface area contributed by atoms with Gasteiger partial charge in [-0.05, 0) is 39.0 Å². The van der Waals surface area contributed by atoms with Crippen LogP contribution >= 0.6 is 0 Å². The van der Waals surface area contributed by atoms with Gasteiger partial charge < -0.3 is 13.3 Å². The van der Waals surface area contributed by atoms with Gasteiger partial charge in [-0.1, -0.05) is 65.7 Å². The smallest absolute Gasteiger partial charge is 0.374 e. The molecule has 4 heteroatoms. The molecule has 0 heterocycles. The summed E-state index contributed by atoms with van der Waals surface area (Å²) < 4.78 is 17.8. The fourth-order valence-electron chi connectivity index (χ4n) is 3.27. The molecular weight excluding hydrogens is 316 g/mol. The maximum Gasteiger partial charge on any atom is 0.500 e. The molecule has 2 atom stereocenters. The Morgan fingerprint density at radius 1 is 0.625 bits per heavy atom. The van der Waals surface area contributed by atoms with Gasteiger partial charge in [0.25, 0.3) is 0 Å². The fourth-order valence-corrected chi connectivity index (χ4v) is 5.96. The molecule has 24 heavy (non-hydrogen) atoms. The first-order chi connectivity index (χ1) is 11.5. The second-order valence-corrected chi connectivity index (χ2v) is 9.76. The van der Waals surface area contributed by atoms with Crippen molar-refractivity contribution < 1.29 is 13.3 Å². The van der Waals surface area contributed by atoms with E-state index in [1.165, 1.54) is 44.9 Å². The van der Waals surface area contributed by atoms with Crippen molar-refractivity contribution in [1.82, 2.24) is 0 Å². The molecule has 0 aromatic heterocycles. The summed E-state index contributed by atoms with van der Waals surface area (Å²) in [6.45, 7) is 15.3. The lowest BCUT2D eigenvalue weighted by atomic mass is 9.87. The van der Waals surface area contributed by atoms with E-state index in [0.717, 1.165) is 24.3 Å². The van der Waals surface area contributed by atoms with Crippen molar-refractivity contribution in [3.8, 4) is 0 Å². The van der Waals surface area contributed by atoms with E-state index in [1.807, 2.05) is 20.8 Å². The van der Waals surface area contributed by atoms with Crippen LogP contribution in [0.5, 0.6) is 0 Å². The standard InChI is InChI=1S/C20H44O3Si/c1-7-11-13-16-19(5)20(6)17-14-12-15-18-24(21-8-2,22-9-3)23-10-4/h19-20H,7-18H2,1-6H3. The van der Waals surface area contributed by atoms with Crippen molar-refractivity contribution in [1.29, 1.82) is 0 Å². The highest BCUT2D eigenvalue weighted by Gasteiger charge is 2.39. The average molecular weight is 361 g/mol. The molecule has 0 saturated carbocycles. The minimum atomic E-state index is -2.42. The molecule has 0 fully saturated rings. The van der Waals surface area contributed by atoms with Gasteiger partial charge in [-0.15, -0.1) is 0 Å². The van der Waals surface area contributed by atoms with Crippen LogP contribution < -0.4 is 0 Å². The van der Waals surface area contributed by atoms with Gasteiger partial charge in [-0.25, -0.2) is 0 Å². The van der Waals surface area contributed by atoms with Crippen molar-refractivity contribution in [3.05, 3.63) is 0 Å². The van der Waals surface area contributed by atoms with Gasteiger partial charge in [-0.3, -0.25) is 0 Å². The predicted molar refractivity (Wildman–Crippen MR) is 106 cm³/mol. The Labute approximate surface area is 153 Å². The van der Waals surface area contributed by atoms with Gasteiger partial charge in [0.15, 0.2) is 0 Å². The third-order valence-electron chi connectivity index (χ3n) is 4.97. The van der Waals surface area contributed by atoms with Crippen molar-refractivity contribution in [2.45, 2.75) is 99.0 Å². The summed E-state index contributed by atoms with van der Waals surface area (Å²) in [4.78, 5) is 0. The Balaban J connectivity index is 4.02. The first kappa shape index (κ1) is 24.1. The zero-order valence-electron chi connectivity index (χ0n) is 17.4. The molecule has 0 N–H and O–H groups in total. The number of hydrogen-bond donors (Lipinski definition) is 0. The fraction of sp³-hybridized carbons (Fsp3) is 1.00. The Kier molecular flexibility index (Phi) is 15.4. The van der Waals surface area contributed by atoms with E-state index in [1.54, 1.807) is 0 Å². The lowest BCUT2D eigenvalue weighted by molar-refractivity contribution is 0.0706. The Hall–Kier alpha value is 0.0969. The van der Waals surface area contributed by atoms with Gasteiger partial charge in [0.1, 0.15) is 0 Å². The van der Waals surface area contributed by atoms with Crippen LogP contribution in [-0.2, 0) is 13.3 Å². The second kappa shape index (κ2) is 15.4. The molecule has 3 nitrogen and oxygen atoms in total. The molecule has 0 bridgehead atoms. The summed E-state index contributed by atoms with van der Waals surface area (Å²) in [5.74, 6) is 1.70. The largest absolute Gasteiger partial charge is 0.500 e. The summed E-state index contributed by atoms with van der Waals surface area (Å²) in [6.07, 6.45) is 10.6. The zero-order valence-corrected chi connectivity index (χ0v) is 18.4. The van der Waals surface area contributed by atoms with E-state index in [0.29, 0.717) is 19.8 Å². The highest BCUT2D eigenvalue weighted by Crippen LogP contribution is 2.25. The Morgan fingerprint density at radius 3 is 1.50 bits per heavy atom. The molecule has 0 aromatic carbocycles. The van der Waals surface area contributed by atoms with Crippen molar-refractivity contribution >= 4 is 8.80 Å². The van der Waals surface area contributed by atoms with Gasteiger partial charge in [-0.2, -0.15) is 0 Å². The average Bonchev–Trinajstić information content (AvgIpc) is 2.55. The summed E-state index contributed by atoms with van der Waals surface area (Å²) in [5, 5.41) is 0. The Bertz CT molecular complexity index is 257. The third-order valence-corrected chi connectivity index (χ3v) is 8.12. The van der Waals surface area contributed by atoms with Crippen LogP contribution in [0.25, 0.3) is 0 Å². The van der Waals surface area contributed by atoms with Crippen LogP contribution in [0.3, 0.4) is 0 Å². The van der Waals surface area contributed by atoms with E-state index >= 15 is 0 Å². The topological polar surface area (TPSA) is 27.7 Å². The minimum absolute atomic E-state index is 0.679. The number of hydrogen-bond acceptors (Lipinski definition) is 3. The van der Waals surface area contributed by atoms with E-state index < -0.39 is 8.80 Å². The van der Waals surface area contributed by atoms with Crippen molar-refractivity contribution in [2.75, 3.05) is 19.8 Å². The lowest BCUT2D eigenvalue weighted by Crippen LogP contribution is -2.45. The minimum Gasteiger partial charge on any atom is -0.374 e. The molecule has 0 spiro atoms. The molecule has 146 valence electrons. The SMILES string of the molecule is CCCCCC(C)C(C)CCCCC[Si](OCC)(OCC)OCC. The second-order valence-electron chi connectivity index (χ2n) is 7.03. The van der Waals surface area contributed by atoms with Crippen LogP contribution in [0.4, 0.5) is 0 Å². The van der Waals surface area contributed by atoms with Gasteiger partial charge >= 0.3 is 8.80 Å². The molecular formula is C20H44O3Si. The highest BCUT2D eigenvalue weighted by molar-refractivity contribution is 6.60. The summed E-state index contributed by atoms with van der Waals surface area (Å²) in [6, 6.07) is 0.961. The predicted octanol–water partition coefficient (Wildman–Crippen LogP) is 6.45. The molecule has 0 aliphatic carbocycles.